The Kier molecular flexibility index (Phi) is 5.07. The summed E-state index contributed by atoms with van der Waals surface area (Å²) in [5.41, 5.74) is 2.47. The minimum absolute atomic E-state index is 0.145. The number of H-pyrrole nitrogens is 2. The summed E-state index contributed by atoms with van der Waals surface area (Å²) in [4.78, 5) is 28.4. The van der Waals surface area contributed by atoms with Crippen LogP contribution >= 0.6 is 11.3 Å². The normalized spacial score (nSPS) is 11.4. The summed E-state index contributed by atoms with van der Waals surface area (Å²) in [6, 6.07) is 14.5. The number of fused-ring (bicyclic) bond motifs is 1. The van der Waals surface area contributed by atoms with Gasteiger partial charge in [0.15, 0.2) is 23.2 Å². The molecule has 0 aliphatic heterocycles. The molecule has 0 saturated heterocycles. The predicted octanol–water partition coefficient (Wildman–Crippen LogP) is 5.64. The smallest absolute Gasteiger partial charge is 0.269 e. The Bertz CT molecular complexity index is 1460. The number of benzene rings is 2. The molecule has 2 N–H and O–H groups in total. The van der Waals surface area contributed by atoms with Crippen molar-refractivity contribution in [2.24, 2.45) is 0 Å². The highest BCUT2D eigenvalue weighted by molar-refractivity contribution is 7.22. The van der Waals surface area contributed by atoms with Gasteiger partial charge in [-0.15, -0.1) is 11.3 Å². The molecular formula is C24H19FN4O2S. The number of halogens is 1. The molecule has 3 heterocycles. The van der Waals surface area contributed by atoms with Gasteiger partial charge in [-0.1, -0.05) is 36.4 Å². The van der Waals surface area contributed by atoms with Gasteiger partial charge in [-0.2, -0.15) is 0 Å². The van der Waals surface area contributed by atoms with Crippen molar-refractivity contribution in [1.29, 1.82) is 0 Å². The molecule has 5 rings (SSSR count). The summed E-state index contributed by atoms with van der Waals surface area (Å²) in [6.45, 7) is 3.69. The first-order chi connectivity index (χ1) is 15.5. The van der Waals surface area contributed by atoms with Gasteiger partial charge in [0.2, 0.25) is 0 Å². The lowest BCUT2D eigenvalue weighted by Crippen LogP contribution is -2.08. The number of rotatable bonds is 5. The number of aromatic amines is 2. The van der Waals surface area contributed by atoms with Crippen LogP contribution in [0.1, 0.15) is 13.8 Å². The van der Waals surface area contributed by atoms with Crippen LogP contribution in [0.4, 0.5) is 4.39 Å². The summed E-state index contributed by atoms with van der Waals surface area (Å²) in [5.74, 6) is 0.498. The van der Waals surface area contributed by atoms with E-state index in [1.807, 2.05) is 44.2 Å². The molecule has 6 nitrogen and oxygen atoms in total. The average Bonchev–Trinajstić information content (AvgIpc) is 3.44. The van der Waals surface area contributed by atoms with Crippen molar-refractivity contribution in [2.45, 2.75) is 20.0 Å². The van der Waals surface area contributed by atoms with Crippen LogP contribution in [0.15, 0.2) is 65.7 Å². The zero-order chi connectivity index (χ0) is 22.2. The summed E-state index contributed by atoms with van der Waals surface area (Å²) < 4.78 is 20.9. The van der Waals surface area contributed by atoms with Crippen LogP contribution in [0.5, 0.6) is 5.75 Å². The van der Waals surface area contributed by atoms with Crippen molar-refractivity contribution in [1.82, 2.24) is 19.9 Å². The highest BCUT2D eigenvalue weighted by Gasteiger charge is 2.22. The Morgan fingerprint density at radius 2 is 1.88 bits per heavy atom. The lowest BCUT2D eigenvalue weighted by atomic mass is 10.0. The fraction of sp³-hybridized carbons (Fsp3) is 0.125. The number of aromatic nitrogens is 4. The Morgan fingerprint density at radius 3 is 2.56 bits per heavy atom. The Hall–Kier alpha value is -3.78. The maximum absolute atomic E-state index is 14.9. The fourth-order valence-corrected chi connectivity index (χ4v) is 4.72. The second-order valence-corrected chi connectivity index (χ2v) is 8.53. The number of hydrogen-bond acceptors (Lipinski definition) is 5. The fourth-order valence-electron chi connectivity index (χ4n) is 3.56. The molecule has 5 aromatic rings. The molecule has 0 saturated carbocycles. The van der Waals surface area contributed by atoms with Gasteiger partial charge in [0, 0.05) is 22.8 Å². The number of imidazole rings is 1. The first-order valence-electron chi connectivity index (χ1n) is 10.1. The molecule has 32 heavy (non-hydrogen) atoms. The van der Waals surface area contributed by atoms with Crippen molar-refractivity contribution < 1.29 is 9.13 Å². The topological polar surface area (TPSA) is 83.7 Å². The molecule has 8 heteroatoms. The predicted molar refractivity (Wildman–Crippen MR) is 124 cm³/mol. The summed E-state index contributed by atoms with van der Waals surface area (Å²) in [7, 11) is 0. The third kappa shape index (κ3) is 3.58. The number of nitrogens with zero attached hydrogens (tertiary/aromatic N) is 2. The second kappa shape index (κ2) is 8.05. The first kappa shape index (κ1) is 20.1. The quantitative estimate of drug-likeness (QED) is 0.366. The van der Waals surface area contributed by atoms with Crippen molar-refractivity contribution >= 4 is 21.6 Å². The minimum Gasteiger partial charge on any atom is -0.488 e. The van der Waals surface area contributed by atoms with Gasteiger partial charge >= 0.3 is 0 Å². The molecule has 0 aliphatic rings. The third-order valence-corrected chi connectivity index (χ3v) is 6.11. The second-order valence-electron chi connectivity index (χ2n) is 7.51. The van der Waals surface area contributed by atoms with E-state index < -0.39 is 5.82 Å². The van der Waals surface area contributed by atoms with E-state index in [1.165, 1.54) is 17.4 Å². The molecule has 160 valence electrons. The number of thiophene rings is 1. The zero-order valence-corrected chi connectivity index (χ0v) is 18.2. The van der Waals surface area contributed by atoms with Crippen LogP contribution in [0.25, 0.3) is 43.4 Å². The van der Waals surface area contributed by atoms with E-state index in [1.54, 1.807) is 24.5 Å². The summed E-state index contributed by atoms with van der Waals surface area (Å²) in [6.07, 6.45) is 3.10. The van der Waals surface area contributed by atoms with E-state index in [-0.39, 0.29) is 17.4 Å². The summed E-state index contributed by atoms with van der Waals surface area (Å²) >= 11 is 1.33. The minimum atomic E-state index is -0.467. The lowest BCUT2D eigenvalue weighted by molar-refractivity contribution is 0.231. The maximum Gasteiger partial charge on any atom is 0.269 e. The van der Waals surface area contributed by atoms with Crippen molar-refractivity contribution in [3.8, 4) is 39.0 Å². The van der Waals surface area contributed by atoms with Crippen molar-refractivity contribution in [3.63, 3.8) is 0 Å². The number of hydrogen-bond donors (Lipinski definition) is 2. The standard InChI is InChI=1S/C24H19FN4O2S/c1-13(2)31-17-9-8-15(12-16(17)25)18-19-21(32-20(18)14-6-4-3-5-7-14)24(30)29-23(28-19)22-26-10-11-27-22/h3-13H,1-2H3,(H,26,27)(H,28,29,30). The Labute approximate surface area is 186 Å². The van der Waals surface area contributed by atoms with E-state index >= 15 is 0 Å². The molecule has 0 fully saturated rings. The maximum atomic E-state index is 14.9. The SMILES string of the molecule is CC(C)Oc1ccc(-c2c(-c3ccccc3)sc3c(=O)[nH]c(-c4ncc[nH]4)nc23)cc1F. The molecule has 0 spiro atoms. The molecule has 0 aliphatic carbocycles. The third-order valence-electron chi connectivity index (χ3n) is 4.89. The Balaban J connectivity index is 1.79. The van der Waals surface area contributed by atoms with Gasteiger partial charge in [-0.25, -0.2) is 14.4 Å². The van der Waals surface area contributed by atoms with Crippen LogP contribution in [0.2, 0.25) is 0 Å². The molecule has 0 bridgehead atoms. The van der Waals surface area contributed by atoms with Gasteiger partial charge in [-0.05, 0) is 37.1 Å². The largest absolute Gasteiger partial charge is 0.488 e. The van der Waals surface area contributed by atoms with Gasteiger partial charge < -0.3 is 14.7 Å². The van der Waals surface area contributed by atoms with Crippen molar-refractivity contribution in [2.75, 3.05) is 0 Å². The lowest BCUT2D eigenvalue weighted by Gasteiger charge is -2.12. The monoisotopic (exact) mass is 446 g/mol. The van der Waals surface area contributed by atoms with E-state index in [4.69, 9.17) is 9.72 Å². The van der Waals surface area contributed by atoms with Crippen LogP contribution in [-0.2, 0) is 0 Å². The molecule has 3 aromatic heterocycles. The first-order valence-corrected chi connectivity index (χ1v) is 10.9. The number of nitrogens with one attached hydrogen (secondary N) is 2. The summed E-state index contributed by atoms with van der Waals surface area (Å²) in [5, 5.41) is 0. The molecule has 0 amide bonds. The van der Waals surface area contributed by atoms with E-state index in [2.05, 4.69) is 15.0 Å². The van der Waals surface area contributed by atoms with Crippen LogP contribution in [0.3, 0.4) is 0 Å². The average molecular weight is 447 g/mol. The van der Waals surface area contributed by atoms with Gasteiger partial charge in [0.1, 0.15) is 4.70 Å². The molecule has 2 aromatic carbocycles. The van der Waals surface area contributed by atoms with Gasteiger partial charge in [0.25, 0.3) is 5.56 Å². The van der Waals surface area contributed by atoms with E-state index in [9.17, 15) is 9.18 Å². The number of ether oxygens (including phenoxy) is 1. The molecular weight excluding hydrogens is 427 g/mol. The molecule has 0 radical (unpaired) electrons. The van der Waals surface area contributed by atoms with Gasteiger partial charge in [0.05, 0.1) is 11.6 Å². The highest BCUT2D eigenvalue weighted by atomic mass is 32.1. The molecule has 0 atom stereocenters. The van der Waals surface area contributed by atoms with E-state index in [0.29, 0.717) is 33.0 Å². The van der Waals surface area contributed by atoms with E-state index in [0.717, 1.165) is 10.4 Å². The Morgan fingerprint density at radius 1 is 1.06 bits per heavy atom. The zero-order valence-electron chi connectivity index (χ0n) is 17.3. The van der Waals surface area contributed by atoms with Crippen LogP contribution in [-0.4, -0.2) is 26.0 Å². The van der Waals surface area contributed by atoms with Crippen LogP contribution < -0.4 is 10.3 Å². The van der Waals surface area contributed by atoms with Crippen LogP contribution in [0, 0.1) is 5.82 Å². The van der Waals surface area contributed by atoms with Gasteiger partial charge in [-0.3, -0.25) is 4.79 Å². The van der Waals surface area contributed by atoms with Crippen molar-refractivity contribution in [3.05, 3.63) is 77.1 Å². The highest BCUT2D eigenvalue weighted by Crippen LogP contribution is 2.43. The molecule has 0 unspecified atom stereocenters.